The summed E-state index contributed by atoms with van der Waals surface area (Å²) in [7, 11) is 0. The van der Waals surface area contributed by atoms with Crippen molar-refractivity contribution in [1.29, 1.82) is 0 Å². The van der Waals surface area contributed by atoms with Gasteiger partial charge in [0.15, 0.2) is 0 Å². The van der Waals surface area contributed by atoms with Gasteiger partial charge in [-0.2, -0.15) is 0 Å². The van der Waals surface area contributed by atoms with Crippen LogP contribution in [-0.2, 0) is 4.79 Å². The van der Waals surface area contributed by atoms with Gasteiger partial charge in [-0.15, -0.1) is 0 Å². The first-order valence-corrected chi connectivity index (χ1v) is 5.75. The maximum atomic E-state index is 10.8. The molecule has 0 aliphatic rings. The summed E-state index contributed by atoms with van der Waals surface area (Å²) < 4.78 is 0. The van der Waals surface area contributed by atoms with Gasteiger partial charge in [-0.25, -0.2) is 10.6 Å². The molecule has 0 atom stereocenters. The SMILES string of the molecule is C=C(/C=C(/c1cccc(Cl)c1)N(N)CC)C(=O)O. The van der Waals surface area contributed by atoms with Crippen LogP contribution in [0.5, 0.6) is 0 Å². The molecule has 0 bridgehead atoms. The van der Waals surface area contributed by atoms with E-state index in [-0.39, 0.29) is 5.57 Å². The maximum absolute atomic E-state index is 10.8. The number of nitrogens with two attached hydrogens (primary N) is 1. The number of hydrogen-bond acceptors (Lipinski definition) is 3. The van der Waals surface area contributed by atoms with Crippen LogP contribution in [0.4, 0.5) is 0 Å². The fourth-order valence-corrected chi connectivity index (χ4v) is 1.57. The lowest BCUT2D eigenvalue weighted by molar-refractivity contribution is -0.132. The Morgan fingerprint density at radius 1 is 1.61 bits per heavy atom. The van der Waals surface area contributed by atoms with Gasteiger partial charge in [-0.1, -0.05) is 30.3 Å². The van der Waals surface area contributed by atoms with Crippen LogP contribution in [0.1, 0.15) is 12.5 Å². The lowest BCUT2D eigenvalue weighted by atomic mass is 10.1. The van der Waals surface area contributed by atoms with Crippen molar-refractivity contribution >= 4 is 23.3 Å². The third-order valence-electron chi connectivity index (χ3n) is 2.36. The van der Waals surface area contributed by atoms with Gasteiger partial charge in [-0.3, -0.25) is 0 Å². The molecule has 1 aromatic rings. The van der Waals surface area contributed by atoms with Crippen LogP contribution in [0.2, 0.25) is 5.02 Å². The van der Waals surface area contributed by atoms with Crippen molar-refractivity contribution in [1.82, 2.24) is 5.01 Å². The van der Waals surface area contributed by atoms with Gasteiger partial charge in [0.1, 0.15) is 0 Å². The summed E-state index contributed by atoms with van der Waals surface area (Å²) in [5.41, 5.74) is 1.27. The van der Waals surface area contributed by atoms with Crippen molar-refractivity contribution in [2.24, 2.45) is 5.84 Å². The molecule has 0 aliphatic carbocycles. The third-order valence-corrected chi connectivity index (χ3v) is 2.59. The number of nitrogens with zero attached hydrogens (tertiary/aromatic N) is 1. The van der Waals surface area contributed by atoms with Gasteiger partial charge in [0.05, 0.1) is 11.3 Å². The predicted molar refractivity (Wildman–Crippen MR) is 72.8 cm³/mol. The van der Waals surface area contributed by atoms with Crippen LogP contribution >= 0.6 is 11.6 Å². The normalized spacial score (nSPS) is 11.2. The zero-order chi connectivity index (χ0) is 13.7. The van der Waals surface area contributed by atoms with E-state index in [2.05, 4.69) is 6.58 Å². The molecular weight excluding hydrogens is 252 g/mol. The average Bonchev–Trinajstić information content (AvgIpc) is 2.34. The van der Waals surface area contributed by atoms with Crippen LogP contribution in [0, 0.1) is 0 Å². The van der Waals surface area contributed by atoms with Crippen molar-refractivity contribution in [3.8, 4) is 0 Å². The molecule has 4 nitrogen and oxygen atoms in total. The van der Waals surface area contributed by atoms with Crippen LogP contribution in [0.3, 0.4) is 0 Å². The minimum absolute atomic E-state index is 0.0334. The molecule has 1 rings (SSSR count). The third kappa shape index (κ3) is 3.61. The van der Waals surface area contributed by atoms with E-state index < -0.39 is 5.97 Å². The Labute approximate surface area is 111 Å². The number of carbonyl (C=O) groups is 1. The van der Waals surface area contributed by atoms with Crippen molar-refractivity contribution in [3.63, 3.8) is 0 Å². The molecule has 0 spiro atoms. The molecule has 0 amide bonds. The number of aliphatic carboxylic acids is 1. The van der Waals surface area contributed by atoms with E-state index in [1.165, 1.54) is 11.1 Å². The van der Waals surface area contributed by atoms with E-state index in [0.717, 1.165) is 5.56 Å². The van der Waals surface area contributed by atoms with Crippen molar-refractivity contribution in [2.75, 3.05) is 6.54 Å². The van der Waals surface area contributed by atoms with E-state index in [0.29, 0.717) is 17.3 Å². The lowest BCUT2D eigenvalue weighted by Gasteiger charge is -2.20. The molecule has 0 fully saturated rings. The van der Waals surface area contributed by atoms with E-state index in [9.17, 15) is 4.79 Å². The van der Waals surface area contributed by atoms with Gasteiger partial charge in [0.2, 0.25) is 0 Å². The molecule has 0 unspecified atom stereocenters. The molecule has 3 N–H and O–H groups in total. The Hall–Kier alpha value is -1.78. The Balaban J connectivity index is 3.22. The second-order valence-corrected chi connectivity index (χ2v) is 4.09. The molecule has 0 saturated heterocycles. The molecule has 18 heavy (non-hydrogen) atoms. The van der Waals surface area contributed by atoms with Gasteiger partial charge < -0.3 is 10.1 Å². The minimum Gasteiger partial charge on any atom is -0.478 e. The summed E-state index contributed by atoms with van der Waals surface area (Å²) in [6.45, 7) is 5.86. The number of benzene rings is 1. The molecular formula is C13H15ClN2O2. The van der Waals surface area contributed by atoms with Gasteiger partial charge >= 0.3 is 5.97 Å². The molecule has 0 saturated carbocycles. The highest BCUT2D eigenvalue weighted by Gasteiger charge is 2.10. The summed E-state index contributed by atoms with van der Waals surface area (Å²) >= 11 is 5.91. The lowest BCUT2D eigenvalue weighted by Crippen LogP contribution is -2.29. The zero-order valence-corrected chi connectivity index (χ0v) is 10.8. The van der Waals surface area contributed by atoms with Gasteiger partial charge in [0, 0.05) is 17.1 Å². The number of carboxylic acids is 1. The van der Waals surface area contributed by atoms with Crippen molar-refractivity contribution < 1.29 is 9.90 Å². The van der Waals surface area contributed by atoms with E-state index in [4.69, 9.17) is 22.6 Å². The van der Waals surface area contributed by atoms with Crippen LogP contribution < -0.4 is 5.84 Å². The van der Waals surface area contributed by atoms with Gasteiger partial charge in [-0.05, 0) is 25.1 Å². The predicted octanol–water partition coefficient (Wildman–Crippen LogP) is 2.52. The topological polar surface area (TPSA) is 66.6 Å². The molecule has 96 valence electrons. The highest BCUT2D eigenvalue weighted by atomic mass is 35.5. The smallest absolute Gasteiger partial charge is 0.335 e. The number of carboxylic acid groups (broad SMARTS) is 1. The average molecular weight is 267 g/mol. The van der Waals surface area contributed by atoms with Crippen LogP contribution in [0.15, 0.2) is 42.5 Å². The van der Waals surface area contributed by atoms with Crippen molar-refractivity contribution in [3.05, 3.63) is 53.1 Å². The molecule has 0 radical (unpaired) electrons. The molecule has 0 aromatic heterocycles. The maximum Gasteiger partial charge on any atom is 0.335 e. The van der Waals surface area contributed by atoms with E-state index in [1.54, 1.807) is 18.2 Å². The summed E-state index contributed by atoms with van der Waals surface area (Å²) in [6, 6.07) is 7.04. The molecule has 1 aromatic carbocycles. The highest BCUT2D eigenvalue weighted by molar-refractivity contribution is 6.30. The number of hydrogen-bond donors (Lipinski definition) is 2. The number of halogens is 1. The Kier molecular flexibility index (Phi) is 4.95. The molecule has 0 aliphatic heterocycles. The number of hydrazine groups is 1. The standard InChI is InChI=1S/C13H15ClN2O2/c1-3-16(15)12(7-9(2)13(17)18)10-5-4-6-11(14)8-10/h4-8H,2-3,15H2,1H3,(H,17,18)/b12-7-. The summed E-state index contributed by atoms with van der Waals surface area (Å²) in [6.07, 6.45) is 1.43. The zero-order valence-electron chi connectivity index (χ0n) is 10.1. The largest absolute Gasteiger partial charge is 0.478 e. The first-order valence-electron chi connectivity index (χ1n) is 5.37. The van der Waals surface area contributed by atoms with Crippen LogP contribution in [-0.4, -0.2) is 22.6 Å². The first-order chi connectivity index (χ1) is 8.45. The summed E-state index contributed by atoms with van der Waals surface area (Å²) in [5, 5.41) is 10.9. The quantitative estimate of drug-likeness (QED) is 0.372. The molecule has 5 heteroatoms. The van der Waals surface area contributed by atoms with E-state index >= 15 is 0 Å². The fourth-order valence-electron chi connectivity index (χ4n) is 1.38. The second-order valence-electron chi connectivity index (χ2n) is 3.66. The number of rotatable bonds is 5. The van der Waals surface area contributed by atoms with Crippen LogP contribution in [0.25, 0.3) is 5.70 Å². The first kappa shape index (κ1) is 14.3. The Morgan fingerprint density at radius 3 is 2.78 bits per heavy atom. The van der Waals surface area contributed by atoms with E-state index in [1.807, 2.05) is 13.0 Å². The monoisotopic (exact) mass is 266 g/mol. The van der Waals surface area contributed by atoms with Crippen molar-refractivity contribution in [2.45, 2.75) is 6.92 Å². The summed E-state index contributed by atoms with van der Waals surface area (Å²) in [4.78, 5) is 10.8. The Bertz CT molecular complexity index is 498. The minimum atomic E-state index is -1.08. The van der Waals surface area contributed by atoms with Gasteiger partial charge in [0.25, 0.3) is 0 Å². The highest BCUT2D eigenvalue weighted by Crippen LogP contribution is 2.21. The fraction of sp³-hybridized carbons (Fsp3) is 0.154. The second kappa shape index (κ2) is 6.23. The Morgan fingerprint density at radius 2 is 2.28 bits per heavy atom. The molecule has 0 heterocycles. The summed E-state index contributed by atoms with van der Waals surface area (Å²) in [5.74, 6) is 4.75.